The molecule has 2 aromatic rings. The first-order valence-corrected chi connectivity index (χ1v) is 7.19. The fraction of sp³-hybridized carbons (Fsp3) is 0.462. The molecule has 0 radical (unpaired) electrons. The maximum atomic E-state index is 11.7. The summed E-state index contributed by atoms with van der Waals surface area (Å²) in [7, 11) is 0. The number of fused-ring (bicyclic) bond motifs is 1. The fourth-order valence-corrected chi connectivity index (χ4v) is 3.42. The Bertz CT molecular complexity index is 577. The number of carbonyl (C=O) groups excluding carboxylic acids is 1. The summed E-state index contributed by atoms with van der Waals surface area (Å²) in [6, 6.07) is 0. The van der Waals surface area contributed by atoms with E-state index in [4.69, 9.17) is 4.74 Å². The molecule has 0 fully saturated rings. The Morgan fingerprint density at radius 1 is 1.63 bits per heavy atom. The van der Waals surface area contributed by atoms with E-state index in [9.17, 15) is 4.79 Å². The van der Waals surface area contributed by atoms with E-state index in [-0.39, 0.29) is 6.61 Å². The molecule has 0 spiro atoms. The molecule has 1 aliphatic carbocycles. The maximum absolute atomic E-state index is 11.7. The average molecular weight is 277 g/mol. The molecule has 2 aromatic heterocycles. The Balaban J connectivity index is 1.66. The lowest BCUT2D eigenvalue weighted by Gasteiger charge is -2.15. The van der Waals surface area contributed by atoms with Crippen molar-refractivity contribution in [1.29, 1.82) is 0 Å². The first-order chi connectivity index (χ1) is 9.24. The van der Waals surface area contributed by atoms with Crippen molar-refractivity contribution in [3.05, 3.63) is 34.3 Å². The molecule has 1 aliphatic rings. The van der Waals surface area contributed by atoms with E-state index in [1.54, 1.807) is 23.7 Å². The van der Waals surface area contributed by atoms with E-state index in [1.165, 1.54) is 34.3 Å². The number of aryl methyl sites for hydroxylation is 1. The van der Waals surface area contributed by atoms with Gasteiger partial charge < -0.3 is 4.74 Å². The number of hydrogen-bond donors (Lipinski definition) is 0. The normalized spacial score (nSPS) is 18.1. The smallest absolute Gasteiger partial charge is 0.419 e. The van der Waals surface area contributed by atoms with Crippen LogP contribution in [-0.2, 0) is 17.8 Å². The molecule has 0 N–H and O–H groups in total. The van der Waals surface area contributed by atoms with Crippen LogP contribution < -0.4 is 0 Å². The van der Waals surface area contributed by atoms with Gasteiger partial charge in [0.25, 0.3) is 0 Å². The van der Waals surface area contributed by atoms with Crippen LogP contribution >= 0.6 is 11.3 Å². The fourth-order valence-electron chi connectivity index (χ4n) is 2.31. The van der Waals surface area contributed by atoms with Crippen LogP contribution in [0.1, 0.15) is 41.3 Å². The lowest BCUT2D eigenvalue weighted by atomic mass is 9.94. The molecular formula is C13H15N3O2S. The Morgan fingerprint density at radius 3 is 3.26 bits per heavy atom. The Kier molecular flexibility index (Phi) is 3.33. The first-order valence-electron chi connectivity index (χ1n) is 6.37. The zero-order valence-corrected chi connectivity index (χ0v) is 11.5. The molecule has 0 saturated heterocycles. The van der Waals surface area contributed by atoms with E-state index >= 15 is 0 Å². The molecular weight excluding hydrogens is 262 g/mol. The predicted molar refractivity (Wildman–Crippen MR) is 71.3 cm³/mol. The van der Waals surface area contributed by atoms with Gasteiger partial charge in [-0.15, -0.1) is 11.3 Å². The molecule has 0 amide bonds. The molecule has 100 valence electrons. The van der Waals surface area contributed by atoms with Crippen LogP contribution in [0.2, 0.25) is 0 Å². The third kappa shape index (κ3) is 2.53. The van der Waals surface area contributed by atoms with Crippen molar-refractivity contribution >= 4 is 17.4 Å². The van der Waals surface area contributed by atoms with Crippen LogP contribution in [0.4, 0.5) is 4.79 Å². The lowest BCUT2D eigenvalue weighted by molar-refractivity contribution is 0.141. The lowest BCUT2D eigenvalue weighted by Crippen LogP contribution is -2.11. The molecule has 1 atom stereocenters. The van der Waals surface area contributed by atoms with Crippen molar-refractivity contribution < 1.29 is 9.53 Å². The molecule has 3 rings (SSSR count). The summed E-state index contributed by atoms with van der Waals surface area (Å²) < 4.78 is 6.53. The van der Waals surface area contributed by atoms with Crippen molar-refractivity contribution in [1.82, 2.24) is 14.5 Å². The molecule has 0 saturated carbocycles. The van der Waals surface area contributed by atoms with Gasteiger partial charge in [0.05, 0.1) is 5.69 Å². The average Bonchev–Trinajstić information content (AvgIpc) is 3.05. The second kappa shape index (κ2) is 5.13. The van der Waals surface area contributed by atoms with Crippen molar-refractivity contribution in [2.75, 3.05) is 0 Å². The van der Waals surface area contributed by atoms with Gasteiger partial charge in [-0.25, -0.2) is 19.3 Å². The minimum Gasteiger partial charge on any atom is -0.441 e. The van der Waals surface area contributed by atoms with Crippen molar-refractivity contribution in [2.24, 2.45) is 0 Å². The van der Waals surface area contributed by atoms with E-state index in [2.05, 4.69) is 16.9 Å². The minimum absolute atomic E-state index is 0.238. The zero-order valence-electron chi connectivity index (χ0n) is 10.7. The number of nitrogens with zero attached hydrogens (tertiary/aromatic N) is 3. The predicted octanol–water partition coefficient (Wildman–Crippen LogP) is 2.96. The Morgan fingerprint density at radius 2 is 2.53 bits per heavy atom. The molecule has 19 heavy (non-hydrogen) atoms. The van der Waals surface area contributed by atoms with Crippen molar-refractivity contribution in [3.8, 4) is 0 Å². The first kappa shape index (κ1) is 12.3. The second-order valence-electron chi connectivity index (χ2n) is 4.74. The van der Waals surface area contributed by atoms with Crippen LogP contribution in [-0.4, -0.2) is 20.6 Å². The van der Waals surface area contributed by atoms with Crippen LogP contribution in [0, 0.1) is 0 Å². The highest BCUT2D eigenvalue weighted by molar-refractivity contribution is 7.11. The molecule has 5 nitrogen and oxygen atoms in total. The SMILES string of the molecule is C[C@@H]1CCCc2nc(COC(=O)n3ccnc3)sc21. The van der Waals surface area contributed by atoms with Gasteiger partial charge >= 0.3 is 6.09 Å². The van der Waals surface area contributed by atoms with Crippen LogP contribution in [0.25, 0.3) is 0 Å². The van der Waals surface area contributed by atoms with E-state index in [1.807, 2.05) is 0 Å². The van der Waals surface area contributed by atoms with Crippen molar-refractivity contribution in [2.45, 2.75) is 38.7 Å². The number of imidazole rings is 1. The molecule has 0 bridgehead atoms. The number of rotatable bonds is 2. The number of carbonyl (C=O) groups is 1. The van der Waals surface area contributed by atoms with Crippen LogP contribution in [0.15, 0.2) is 18.7 Å². The summed E-state index contributed by atoms with van der Waals surface area (Å²) in [5.41, 5.74) is 1.19. The number of aromatic nitrogens is 3. The number of ether oxygens (including phenoxy) is 1. The molecule has 0 unspecified atom stereocenters. The van der Waals surface area contributed by atoms with Gasteiger partial charge in [0, 0.05) is 17.3 Å². The van der Waals surface area contributed by atoms with E-state index < -0.39 is 6.09 Å². The van der Waals surface area contributed by atoms with E-state index in [0.717, 1.165) is 11.4 Å². The summed E-state index contributed by atoms with van der Waals surface area (Å²) in [6.07, 6.45) is 7.60. The minimum atomic E-state index is -0.418. The van der Waals surface area contributed by atoms with Gasteiger partial charge in [0.2, 0.25) is 0 Å². The molecule has 0 aromatic carbocycles. The highest BCUT2D eigenvalue weighted by Gasteiger charge is 2.21. The molecule has 0 aliphatic heterocycles. The van der Waals surface area contributed by atoms with Gasteiger partial charge in [-0.3, -0.25) is 0 Å². The summed E-state index contributed by atoms with van der Waals surface area (Å²) in [5.74, 6) is 0.583. The van der Waals surface area contributed by atoms with Gasteiger partial charge in [-0.1, -0.05) is 6.92 Å². The summed E-state index contributed by atoms with van der Waals surface area (Å²) >= 11 is 1.67. The summed E-state index contributed by atoms with van der Waals surface area (Å²) in [4.78, 5) is 21.4. The third-order valence-corrected chi connectivity index (χ3v) is 4.61. The third-order valence-electron chi connectivity index (χ3n) is 3.30. The van der Waals surface area contributed by atoms with Gasteiger partial charge in [-0.05, 0) is 25.2 Å². The van der Waals surface area contributed by atoms with Crippen molar-refractivity contribution in [3.63, 3.8) is 0 Å². The van der Waals surface area contributed by atoms with Gasteiger partial charge in [0.15, 0.2) is 0 Å². The Labute approximate surface area is 115 Å². The van der Waals surface area contributed by atoms with Crippen LogP contribution in [0.3, 0.4) is 0 Å². The monoisotopic (exact) mass is 277 g/mol. The number of thiazole rings is 1. The second-order valence-corrected chi connectivity index (χ2v) is 5.85. The maximum Gasteiger partial charge on any atom is 0.419 e. The van der Waals surface area contributed by atoms with Gasteiger partial charge in [-0.2, -0.15) is 0 Å². The van der Waals surface area contributed by atoms with Crippen LogP contribution in [0.5, 0.6) is 0 Å². The zero-order chi connectivity index (χ0) is 13.2. The molecule has 2 heterocycles. The van der Waals surface area contributed by atoms with Gasteiger partial charge in [0.1, 0.15) is 17.9 Å². The summed E-state index contributed by atoms with van der Waals surface area (Å²) in [5, 5.41) is 0.882. The topological polar surface area (TPSA) is 57.0 Å². The number of hydrogen-bond acceptors (Lipinski definition) is 5. The Hall–Kier alpha value is -1.69. The summed E-state index contributed by atoms with van der Waals surface area (Å²) in [6.45, 7) is 2.47. The highest BCUT2D eigenvalue weighted by atomic mass is 32.1. The van der Waals surface area contributed by atoms with E-state index in [0.29, 0.717) is 5.92 Å². The quantitative estimate of drug-likeness (QED) is 0.846. The highest BCUT2D eigenvalue weighted by Crippen LogP contribution is 2.35. The largest absolute Gasteiger partial charge is 0.441 e. The standard InChI is InChI=1S/C13H15N3O2S/c1-9-3-2-4-10-12(9)19-11(15-10)7-18-13(17)16-6-5-14-8-16/h5-6,8-9H,2-4,7H2,1H3/t9-/m1/s1. The molecule has 6 heteroatoms.